The first-order valence-electron chi connectivity index (χ1n) is 6.44. The summed E-state index contributed by atoms with van der Waals surface area (Å²) in [5, 5.41) is 0. The molecule has 0 unspecified atom stereocenters. The maximum absolute atomic E-state index is 5.78. The fraction of sp³-hybridized carbons (Fsp3) is 0.250. The van der Waals surface area contributed by atoms with Crippen LogP contribution < -0.4 is 18.4 Å². The van der Waals surface area contributed by atoms with Gasteiger partial charge in [0.25, 0.3) is 0 Å². The van der Waals surface area contributed by atoms with Crippen molar-refractivity contribution >= 4 is 38.8 Å². The zero-order valence-electron chi connectivity index (χ0n) is 12.1. The van der Waals surface area contributed by atoms with Gasteiger partial charge in [-0.3, -0.25) is 0 Å². The Morgan fingerprint density at radius 2 is 1.14 bits per heavy atom. The Balaban J connectivity index is 1.75. The molecule has 0 amide bonds. The second kappa shape index (κ2) is 9.14. The van der Waals surface area contributed by atoms with Crippen molar-refractivity contribution in [3.05, 3.63) is 48.5 Å². The van der Waals surface area contributed by atoms with Gasteiger partial charge < -0.3 is 0 Å². The van der Waals surface area contributed by atoms with Gasteiger partial charge in [-0.15, -0.1) is 0 Å². The Kier molecular flexibility index (Phi) is 7.14. The van der Waals surface area contributed by atoms with Crippen LogP contribution in [0.15, 0.2) is 48.5 Å². The standard InChI is InChI=1S/C16H18O3Se2/c1-17-13-7-3-5-9-15(13)20-11-19-12-21-16-10-6-4-8-14(16)18-2/h3-10H,11-12H2,1-2H3. The number of ether oxygens (including phenoxy) is 3. The number of benzene rings is 2. The monoisotopic (exact) mass is 418 g/mol. The molecule has 0 aliphatic carbocycles. The average molecular weight is 416 g/mol. The molecule has 0 spiro atoms. The maximum atomic E-state index is 5.78. The third-order valence-corrected chi connectivity index (χ3v) is 6.65. The Morgan fingerprint density at radius 1 is 0.714 bits per heavy atom. The van der Waals surface area contributed by atoms with E-state index in [1.807, 2.05) is 36.4 Å². The summed E-state index contributed by atoms with van der Waals surface area (Å²) in [6.45, 7) is 0. The molecule has 0 saturated heterocycles. The number of para-hydroxylation sites is 2. The van der Waals surface area contributed by atoms with Crippen LogP contribution in [0.4, 0.5) is 0 Å². The number of methoxy groups -OCH3 is 2. The van der Waals surface area contributed by atoms with E-state index in [2.05, 4.69) is 12.1 Å². The van der Waals surface area contributed by atoms with Crippen LogP contribution in [0.5, 0.6) is 11.5 Å². The Bertz CT molecular complexity index is 511. The summed E-state index contributed by atoms with van der Waals surface area (Å²) in [4.78, 5) is 0. The van der Waals surface area contributed by atoms with Crippen molar-refractivity contribution in [3.63, 3.8) is 0 Å². The molecule has 112 valence electrons. The molecule has 0 aliphatic rings. The van der Waals surface area contributed by atoms with Crippen LogP contribution in [0, 0.1) is 0 Å². The zero-order chi connectivity index (χ0) is 14.9. The van der Waals surface area contributed by atoms with E-state index in [4.69, 9.17) is 14.2 Å². The van der Waals surface area contributed by atoms with Crippen molar-refractivity contribution < 1.29 is 14.2 Å². The van der Waals surface area contributed by atoms with Gasteiger partial charge >= 0.3 is 138 Å². The van der Waals surface area contributed by atoms with Gasteiger partial charge in [-0.2, -0.15) is 0 Å². The Hall–Kier alpha value is -0.961. The molecule has 0 aliphatic heterocycles. The second-order valence-electron chi connectivity index (χ2n) is 4.03. The Labute approximate surface area is 138 Å². The molecule has 2 aromatic carbocycles. The van der Waals surface area contributed by atoms with Gasteiger partial charge in [-0.05, 0) is 0 Å². The molecule has 5 heteroatoms. The van der Waals surface area contributed by atoms with Gasteiger partial charge in [-0.25, -0.2) is 0 Å². The normalized spacial score (nSPS) is 10.4. The van der Waals surface area contributed by atoms with E-state index in [1.165, 1.54) is 8.92 Å². The third kappa shape index (κ3) is 5.06. The molecule has 0 aromatic heterocycles. The van der Waals surface area contributed by atoms with Crippen LogP contribution in [0.1, 0.15) is 0 Å². The molecule has 0 radical (unpaired) electrons. The molecule has 0 heterocycles. The Morgan fingerprint density at radius 3 is 1.57 bits per heavy atom. The van der Waals surface area contributed by atoms with Crippen molar-refractivity contribution in [3.8, 4) is 11.5 Å². The van der Waals surface area contributed by atoms with Crippen LogP contribution in [0.25, 0.3) is 0 Å². The van der Waals surface area contributed by atoms with Crippen molar-refractivity contribution in [2.45, 2.75) is 0 Å². The van der Waals surface area contributed by atoms with E-state index in [9.17, 15) is 0 Å². The van der Waals surface area contributed by atoms with Gasteiger partial charge in [0.15, 0.2) is 0 Å². The first kappa shape index (κ1) is 16.4. The van der Waals surface area contributed by atoms with E-state index >= 15 is 0 Å². The fourth-order valence-corrected chi connectivity index (χ4v) is 5.45. The van der Waals surface area contributed by atoms with Crippen molar-refractivity contribution in [2.24, 2.45) is 0 Å². The summed E-state index contributed by atoms with van der Waals surface area (Å²) < 4.78 is 19.0. The molecular formula is C16H18O3Se2. The summed E-state index contributed by atoms with van der Waals surface area (Å²) >= 11 is 0.562. The number of hydrogen-bond acceptors (Lipinski definition) is 3. The van der Waals surface area contributed by atoms with E-state index < -0.39 is 0 Å². The van der Waals surface area contributed by atoms with Gasteiger partial charge in [-0.1, -0.05) is 0 Å². The van der Waals surface area contributed by atoms with E-state index in [1.54, 1.807) is 14.2 Å². The minimum absolute atomic E-state index is 0.281. The molecule has 2 rings (SSSR count). The van der Waals surface area contributed by atoms with Crippen molar-refractivity contribution in [1.82, 2.24) is 0 Å². The topological polar surface area (TPSA) is 27.7 Å². The van der Waals surface area contributed by atoms with Crippen LogP contribution in [0.3, 0.4) is 0 Å². The average Bonchev–Trinajstić information content (AvgIpc) is 2.55. The fourth-order valence-electron chi connectivity index (χ4n) is 1.72. The van der Waals surface area contributed by atoms with Crippen molar-refractivity contribution in [1.29, 1.82) is 0 Å². The van der Waals surface area contributed by atoms with Gasteiger partial charge in [0, 0.05) is 0 Å². The van der Waals surface area contributed by atoms with Gasteiger partial charge in [0.1, 0.15) is 0 Å². The molecule has 0 atom stereocenters. The third-order valence-electron chi connectivity index (χ3n) is 2.73. The minimum atomic E-state index is 0.281. The van der Waals surface area contributed by atoms with Crippen LogP contribution in [-0.4, -0.2) is 55.1 Å². The summed E-state index contributed by atoms with van der Waals surface area (Å²) in [6.07, 6.45) is 0. The molecule has 2 aromatic rings. The summed E-state index contributed by atoms with van der Waals surface area (Å²) in [6, 6.07) is 16.3. The second-order valence-corrected chi connectivity index (χ2v) is 8.08. The molecule has 0 saturated carbocycles. The summed E-state index contributed by atoms with van der Waals surface area (Å²) in [5.41, 5.74) is 1.54. The molecule has 3 nitrogen and oxygen atoms in total. The molecular weight excluding hydrogens is 398 g/mol. The molecule has 0 N–H and O–H groups in total. The van der Waals surface area contributed by atoms with Gasteiger partial charge in [0.2, 0.25) is 0 Å². The van der Waals surface area contributed by atoms with Crippen LogP contribution in [-0.2, 0) is 4.74 Å². The summed E-state index contributed by atoms with van der Waals surface area (Å²) in [7, 11) is 3.42. The van der Waals surface area contributed by atoms with Crippen LogP contribution >= 0.6 is 0 Å². The molecule has 0 bridgehead atoms. The van der Waals surface area contributed by atoms with E-state index in [-0.39, 0.29) is 29.9 Å². The summed E-state index contributed by atoms with van der Waals surface area (Å²) in [5.74, 6) is 1.91. The molecule has 0 fully saturated rings. The number of hydrogen-bond donors (Lipinski definition) is 0. The number of rotatable bonds is 8. The predicted octanol–water partition coefficient (Wildman–Crippen LogP) is 0.995. The molecule has 21 heavy (non-hydrogen) atoms. The first-order chi connectivity index (χ1) is 10.3. The predicted molar refractivity (Wildman–Crippen MR) is 87.6 cm³/mol. The van der Waals surface area contributed by atoms with Crippen LogP contribution in [0.2, 0.25) is 0 Å². The SMILES string of the molecule is COc1ccccc1[Se]COC[Se]c1ccccc1OC. The first-order valence-corrected chi connectivity index (χ1v) is 10.6. The zero-order valence-corrected chi connectivity index (χ0v) is 15.5. The van der Waals surface area contributed by atoms with Crippen molar-refractivity contribution in [2.75, 3.05) is 25.2 Å². The van der Waals surface area contributed by atoms with Gasteiger partial charge in [0.05, 0.1) is 0 Å². The van der Waals surface area contributed by atoms with E-state index in [0.717, 1.165) is 22.5 Å². The van der Waals surface area contributed by atoms with E-state index in [0.29, 0.717) is 0 Å². The quantitative estimate of drug-likeness (QED) is 0.475.